The van der Waals surface area contributed by atoms with Crippen molar-refractivity contribution in [2.45, 2.75) is 19.1 Å². The molecule has 0 saturated heterocycles. The van der Waals surface area contributed by atoms with Crippen LogP contribution in [0.5, 0.6) is 0 Å². The Bertz CT molecular complexity index is 632. The van der Waals surface area contributed by atoms with Gasteiger partial charge in [-0.2, -0.15) is 4.31 Å². The Kier molecular flexibility index (Phi) is 4.25. The molecule has 1 aliphatic rings. The van der Waals surface area contributed by atoms with Crippen molar-refractivity contribution in [3.63, 3.8) is 0 Å². The second kappa shape index (κ2) is 5.76. The fourth-order valence-corrected chi connectivity index (χ4v) is 3.74. The Morgan fingerprint density at radius 3 is 2.50 bits per heavy atom. The van der Waals surface area contributed by atoms with Crippen molar-refractivity contribution >= 4 is 16.0 Å². The van der Waals surface area contributed by atoms with Crippen LogP contribution >= 0.6 is 0 Å². The summed E-state index contributed by atoms with van der Waals surface area (Å²) >= 11 is 0. The molecule has 0 saturated carbocycles. The molecule has 0 radical (unpaired) electrons. The molecule has 0 fully saturated rings. The number of carboxylic acids is 1. The quantitative estimate of drug-likeness (QED) is 0.860. The monoisotopic (exact) mass is 295 g/mol. The highest BCUT2D eigenvalue weighted by Gasteiger charge is 2.24. The Morgan fingerprint density at radius 1 is 1.30 bits per heavy atom. The normalized spacial score (nSPS) is 16.8. The molecule has 0 bridgehead atoms. The van der Waals surface area contributed by atoms with Crippen molar-refractivity contribution in [1.82, 2.24) is 4.31 Å². The van der Waals surface area contributed by atoms with E-state index in [-0.39, 0.29) is 11.3 Å². The molecule has 0 spiro atoms. The van der Waals surface area contributed by atoms with Gasteiger partial charge in [0, 0.05) is 13.1 Å². The molecule has 108 valence electrons. The molecule has 6 heteroatoms. The molecule has 0 amide bonds. The fourth-order valence-electron chi connectivity index (χ4n) is 2.16. The van der Waals surface area contributed by atoms with Crippen LogP contribution in [-0.2, 0) is 15.8 Å². The zero-order valence-electron chi connectivity index (χ0n) is 11.2. The summed E-state index contributed by atoms with van der Waals surface area (Å²) in [5.41, 5.74) is 1.81. The van der Waals surface area contributed by atoms with E-state index in [0.717, 1.165) is 12.0 Å². The van der Waals surface area contributed by atoms with Crippen molar-refractivity contribution in [2.75, 3.05) is 13.1 Å². The third-order valence-corrected chi connectivity index (χ3v) is 5.04. The van der Waals surface area contributed by atoms with Gasteiger partial charge in [-0.1, -0.05) is 23.8 Å². The van der Waals surface area contributed by atoms with Crippen molar-refractivity contribution in [3.8, 4) is 0 Å². The number of sulfonamides is 1. The third kappa shape index (κ3) is 3.46. The van der Waals surface area contributed by atoms with Gasteiger partial charge in [-0.15, -0.1) is 0 Å². The van der Waals surface area contributed by atoms with Gasteiger partial charge in [-0.25, -0.2) is 13.2 Å². The first-order valence-electron chi connectivity index (χ1n) is 6.34. The number of carbonyl (C=O) groups is 1. The lowest BCUT2D eigenvalue weighted by Gasteiger charge is -2.25. The predicted molar refractivity (Wildman–Crippen MR) is 76.0 cm³/mol. The van der Waals surface area contributed by atoms with Gasteiger partial charge in [0.1, 0.15) is 0 Å². The highest BCUT2D eigenvalue weighted by molar-refractivity contribution is 7.88. The molecule has 1 heterocycles. The van der Waals surface area contributed by atoms with Crippen LogP contribution < -0.4 is 0 Å². The van der Waals surface area contributed by atoms with Crippen molar-refractivity contribution < 1.29 is 18.3 Å². The minimum Gasteiger partial charge on any atom is -0.478 e. The number of aromatic carboxylic acids is 1. The topological polar surface area (TPSA) is 74.7 Å². The zero-order chi connectivity index (χ0) is 14.8. The van der Waals surface area contributed by atoms with E-state index in [4.69, 9.17) is 5.11 Å². The molecule has 0 unspecified atom stereocenters. The van der Waals surface area contributed by atoms with E-state index in [0.29, 0.717) is 18.7 Å². The first-order chi connectivity index (χ1) is 9.38. The summed E-state index contributed by atoms with van der Waals surface area (Å²) in [7, 11) is -3.36. The van der Waals surface area contributed by atoms with Crippen LogP contribution in [0.3, 0.4) is 0 Å². The van der Waals surface area contributed by atoms with E-state index in [1.807, 2.05) is 13.0 Å². The van der Waals surface area contributed by atoms with Crippen LogP contribution in [0.15, 0.2) is 35.9 Å². The maximum Gasteiger partial charge on any atom is 0.335 e. The summed E-state index contributed by atoms with van der Waals surface area (Å²) in [5, 5.41) is 8.81. The zero-order valence-corrected chi connectivity index (χ0v) is 12.1. The van der Waals surface area contributed by atoms with Gasteiger partial charge >= 0.3 is 5.97 Å². The number of rotatable bonds is 4. The Morgan fingerprint density at radius 2 is 1.95 bits per heavy atom. The predicted octanol–water partition coefficient (Wildman–Crippen LogP) is 1.87. The lowest BCUT2D eigenvalue weighted by molar-refractivity contribution is 0.0697. The highest BCUT2D eigenvalue weighted by atomic mass is 32.2. The van der Waals surface area contributed by atoms with Gasteiger partial charge in [0.15, 0.2) is 0 Å². The maximum atomic E-state index is 12.3. The molecular weight excluding hydrogens is 278 g/mol. The number of hydrogen-bond acceptors (Lipinski definition) is 3. The first-order valence-corrected chi connectivity index (χ1v) is 7.95. The number of carboxylic acid groups (broad SMARTS) is 1. The number of hydrogen-bond donors (Lipinski definition) is 1. The summed E-state index contributed by atoms with van der Waals surface area (Å²) in [4.78, 5) is 10.7. The minimum atomic E-state index is -3.36. The van der Waals surface area contributed by atoms with Crippen molar-refractivity contribution in [1.29, 1.82) is 0 Å². The van der Waals surface area contributed by atoms with Crippen LogP contribution in [0.2, 0.25) is 0 Å². The molecule has 0 aromatic heterocycles. The van der Waals surface area contributed by atoms with E-state index >= 15 is 0 Å². The largest absolute Gasteiger partial charge is 0.478 e. The summed E-state index contributed by atoms with van der Waals surface area (Å²) in [6.07, 6.45) is 2.79. The highest BCUT2D eigenvalue weighted by Crippen LogP contribution is 2.17. The minimum absolute atomic E-state index is 0.0970. The standard InChI is InChI=1S/C14H17NO4S/c1-11-3-2-8-15(9-11)20(18,19)10-12-4-6-13(7-5-12)14(16)17/h3-7H,2,8-10H2,1H3,(H,16,17). The smallest absolute Gasteiger partial charge is 0.335 e. The Labute approximate surface area is 118 Å². The van der Waals surface area contributed by atoms with Crippen LogP contribution in [0, 0.1) is 0 Å². The maximum absolute atomic E-state index is 12.3. The van der Waals surface area contributed by atoms with E-state index in [2.05, 4.69) is 0 Å². The molecule has 1 N–H and O–H groups in total. The van der Waals surface area contributed by atoms with E-state index in [1.54, 1.807) is 12.1 Å². The molecule has 0 atom stereocenters. The van der Waals surface area contributed by atoms with E-state index < -0.39 is 16.0 Å². The summed E-state index contributed by atoms with van der Waals surface area (Å²) < 4.78 is 26.1. The summed E-state index contributed by atoms with van der Waals surface area (Å²) in [6.45, 7) is 2.87. The summed E-state index contributed by atoms with van der Waals surface area (Å²) in [5.74, 6) is -1.11. The van der Waals surface area contributed by atoms with Crippen LogP contribution in [0.4, 0.5) is 0 Å². The molecule has 0 aliphatic carbocycles. The van der Waals surface area contributed by atoms with Gasteiger partial charge in [0.05, 0.1) is 11.3 Å². The molecule has 2 rings (SSSR count). The van der Waals surface area contributed by atoms with Gasteiger partial charge in [0.25, 0.3) is 0 Å². The van der Waals surface area contributed by atoms with Crippen LogP contribution in [0.25, 0.3) is 0 Å². The molecule has 1 aromatic rings. The van der Waals surface area contributed by atoms with Crippen LogP contribution in [0.1, 0.15) is 29.3 Å². The summed E-state index contributed by atoms with van der Waals surface area (Å²) in [6, 6.07) is 5.95. The van der Waals surface area contributed by atoms with Gasteiger partial charge < -0.3 is 5.11 Å². The number of nitrogens with zero attached hydrogens (tertiary/aromatic N) is 1. The molecule has 20 heavy (non-hydrogen) atoms. The lowest BCUT2D eigenvalue weighted by atomic mass is 10.1. The molecule has 1 aromatic carbocycles. The van der Waals surface area contributed by atoms with Gasteiger partial charge in [-0.05, 0) is 31.0 Å². The fraction of sp³-hybridized carbons (Fsp3) is 0.357. The van der Waals surface area contributed by atoms with E-state index in [9.17, 15) is 13.2 Å². The lowest BCUT2D eigenvalue weighted by Crippen LogP contribution is -2.36. The second-order valence-corrected chi connectivity index (χ2v) is 6.90. The Hall–Kier alpha value is -1.66. The van der Waals surface area contributed by atoms with Crippen LogP contribution in [-0.4, -0.2) is 36.9 Å². The van der Waals surface area contributed by atoms with Gasteiger partial charge in [-0.3, -0.25) is 0 Å². The van der Waals surface area contributed by atoms with Gasteiger partial charge in [0.2, 0.25) is 10.0 Å². The first kappa shape index (κ1) is 14.7. The molecule has 5 nitrogen and oxygen atoms in total. The average Bonchev–Trinajstić information content (AvgIpc) is 2.39. The SMILES string of the molecule is CC1=CCCN(S(=O)(=O)Cc2ccc(C(=O)O)cc2)C1. The molecule has 1 aliphatic heterocycles. The average molecular weight is 295 g/mol. The van der Waals surface area contributed by atoms with Crippen molar-refractivity contribution in [2.24, 2.45) is 0 Å². The van der Waals surface area contributed by atoms with E-state index in [1.165, 1.54) is 16.4 Å². The Balaban J connectivity index is 2.12. The molecular formula is C14H17NO4S. The third-order valence-electron chi connectivity index (χ3n) is 3.24. The van der Waals surface area contributed by atoms with Crippen molar-refractivity contribution in [3.05, 3.63) is 47.0 Å². The second-order valence-electron chi connectivity index (χ2n) is 4.93. The number of benzene rings is 1.